The van der Waals surface area contributed by atoms with Crippen LogP contribution in [0.5, 0.6) is 0 Å². The van der Waals surface area contributed by atoms with Gasteiger partial charge in [0.25, 0.3) is 11.5 Å². The summed E-state index contributed by atoms with van der Waals surface area (Å²) in [4.78, 5) is 36.4. The molecular formula is C15H12ClN3O3S. The molecular weight excluding hydrogens is 338 g/mol. The summed E-state index contributed by atoms with van der Waals surface area (Å²) in [6, 6.07) is 8.60. The molecule has 0 saturated heterocycles. The smallest absolute Gasteiger partial charge is 0.307 e. The lowest BCUT2D eigenvalue weighted by Gasteiger charge is -2.10. The molecule has 0 unspecified atom stereocenters. The predicted molar refractivity (Wildman–Crippen MR) is 91.7 cm³/mol. The minimum absolute atomic E-state index is 0.122. The first-order chi connectivity index (χ1) is 10.9. The molecule has 0 aliphatic heterocycles. The molecule has 3 rings (SSSR count). The maximum absolute atomic E-state index is 12.5. The SMILES string of the molecule is Cn1c(NC(=O)c2sc3ccccc3c2Cl)cc(=O)n(C)c1=O. The van der Waals surface area contributed by atoms with Crippen LogP contribution in [-0.4, -0.2) is 15.0 Å². The third-order valence-electron chi connectivity index (χ3n) is 3.51. The maximum Gasteiger partial charge on any atom is 0.332 e. The van der Waals surface area contributed by atoms with Gasteiger partial charge in [0.15, 0.2) is 0 Å². The number of thiophene rings is 1. The third-order valence-corrected chi connectivity index (χ3v) is 5.18. The molecule has 0 saturated carbocycles. The number of hydrogen-bond donors (Lipinski definition) is 1. The van der Waals surface area contributed by atoms with Crippen molar-refractivity contribution in [2.75, 3.05) is 5.32 Å². The summed E-state index contributed by atoms with van der Waals surface area (Å²) in [6.07, 6.45) is 0. The van der Waals surface area contributed by atoms with Crippen molar-refractivity contribution in [2.45, 2.75) is 0 Å². The maximum atomic E-state index is 12.5. The number of hydrogen-bond acceptors (Lipinski definition) is 4. The average molecular weight is 350 g/mol. The van der Waals surface area contributed by atoms with Gasteiger partial charge < -0.3 is 5.32 Å². The van der Waals surface area contributed by atoms with E-state index in [1.54, 1.807) is 0 Å². The zero-order valence-electron chi connectivity index (χ0n) is 12.3. The van der Waals surface area contributed by atoms with Crippen molar-refractivity contribution in [1.82, 2.24) is 9.13 Å². The molecule has 2 heterocycles. The van der Waals surface area contributed by atoms with Crippen LogP contribution in [0.3, 0.4) is 0 Å². The van der Waals surface area contributed by atoms with Crippen molar-refractivity contribution in [3.63, 3.8) is 0 Å². The van der Waals surface area contributed by atoms with Gasteiger partial charge in [-0.2, -0.15) is 0 Å². The molecule has 0 radical (unpaired) electrons. The molecule has 0 spiro atoms. The number of carbonyl (C=O) groups excluding carboxylic acids is 1. The molecule has 8 heteroatoms. The monoisotopic (exact) mass is 349 g/mol. The number of aromatic nitrogens is 2. The van der Waals surface area contributed by atoms with Crippen LogP contribution in [0.1, 0.15) is 9.67 Å². The van der Waals surface area contributed by atoms with Gasteiger partial charge in [-0.15, -0.1) is 11.3 Å². The van der Waals surface area contributed by atoms with Gasteiger partial charge >= 0.3 is 5.69 Å². The van der Waals surface area contributed by atoms with E-state index in [-0.39, 0.29) is 5.82 Å². The Bertz CT molecular complexity index is 1050. The Morgan fingerprint density at radius 3 is 2.57 bits per heavy atom. The minimum atomic E-state index is -0.518. The molecule has 1 aromatic carbocycles. The molecule has 0 aliphatic carbocycles. The second kappa shape index (κ2) is 5.68. The largest absolute Gasteiger partial charge is 0.332 e. The number of nitrogens with zero attached hydrogens (tertiary/aromatic N) is 2. The number of halogens is 1. The highest BCUT2D eigenvalue weighted by atomic mass is 35.5. The van der Waals surface area contributed by atoms with Gasteiger partial charge in [0.2, 0.25) is 0 Å². The first-order valence-corrected chi connectivity index (χ1v) is 7.85. The minimum Gasteiger partial charge on any atom is -0.307 e. The Kier molecular flexibility index (Phi) is 3.83. The van der Waals surface area contributed by atoms with Crippen molar-refractivity contribution < 1.29 is 4.79 Å². The van der Waals surface area contributed by atoms with Crippen LogP contribution in [0.25, 0.3) is 10.1 Å². The standard InChI is InChI=1S/C15H12ClN3O3S/c1-18-10(7-11(20)19(2)15(18)22)17-14(21)13-12(16)8-5-3-4-6-9(8)23-13/h3-7H,1-2H3,(H,17,21). The summed E-state index contributed by atoms with van der Waals surface area (Å²) in [7, 11) is 2.85. The van der Waals surface area contributed by atoms with Crippen LogP contribution in [0, 0.1) is 0 Å². The second-order valence-electron chi connectivity index (χ2n) is 4.96. The summed E-state index contributed by atoms with van der Waals surface area (Å²) in [5, 5.41) is 3.73. The molecule has 23 heavy (non-hydrogen) atoms. The van der Waals surface area contributed by atoms with Gasteiger partial charge in [0.1, 0.15) is 10.7 Å². The molecule has 0 aliphatic rings. The lowest BCUT2D eigenvalue weighted by atomic mass is 10.2. The Hall–Kier alpha value is -2.38. The Labute approximate surface area is 139 Å². The van der Waals surface area contributed by atoms with Gasteiger partial charge in [-0.05, 0) is 6.07 Å². The molecule has 2 aromatic heterocycles. The number of amides is 1. The molecule has 118 valence electrons. The lowest BCUT2D eigenvalue weighted by molar-refractivity contribution is 0.103. The van der Waals surface area contributed by atoms with Crippen LogP contribution in [0.2, 0.25) is 5.02 Å². The van der Waals surface area contributed by atoms with Crippen LogP contribution < -0.4 is 16.6 Å². The van der Waals surface area contributed by atoms with Gasteiger partial charge in [-0.25, -0.2) is 4.79 Å². The van der Waals surface area contributed by atoms with E-state index in [2.05, 4.69) is 5.32 Å². The number of anilines is 1. The summed E-state index contributed by atoms with van der Waals surface area (Å²) >= 11 is 7.51. The topological polar surface area (TPSA) is 73.1 Å². The summed E-state index contributed by atoms with van der Waals surface area (Å²) in [5.41, 5.74) is -1.01. The Balaban J connectivity index is 2.03. The second-order valence-corrected chi connectivity index (χ2v) is 6.39. The van der Waals surface area contributed by atoms with Gasteiger partial charge in [0, 0.05) is 30.2 Å². The highest BCUT2D eigenvalue weighted by molar-refractivity contribution is 7.21. The highest BCUT2D eigenvalue weighted by Gasteiger charge is 2.18. The number of fused-ring (bicyclic) bond motifs is 1. The van der Waals surface area contributed by atoms with E-state index in [9.17, 15) is 14.4 Å². The van der Waals surface area contributed by atoms with E-state index in [0.717, 1.165) is 14.7 Å². The number of rotatable bonds is 2. The fourth-order valence-electron chi connectivity index (χ4n) is 2.19. The molecule has 1 N–H and O–H groups in total. The number of carbonyl (C=O) groups is 1. The van der Waals surface area contributed by atoms with E-state index in [1.807, 2.05) is 24.3 Å². The number of benzene rings is 1. The zero-order valence-corrected chi connectivity index (χ0v) is 13.9. The van der Waals surface area contributed by atoms with E-state index >= 15 is 0 Å². The zero-order chi connectivity index (χ0) is 16.7. The van der Waals surface area contributed by atoms with Gasteiger partial charge in [0.05, 0.1) is 5.02 Å². The Morgan fingerprint density at radius 1 is 1.17 bits per heavy atom. The molecule has 0 fully saturated rings. The predicted octanol–water partition coefficient (Wildman–Crippen LogP) is 2.20. The molecule has 0 atom stereocenters. The molecule has 0 bridgehead atoms. The van der Waals surface area contributed by atoms with Crippen molar-refractivity contribution in [3.8, 4) is 0 Å². The van der Waals surface area contributed by atoms with E-state index in [0.29, 0.717) is 9.90 Å². The first kappa shape index (κ1) is 15.5. The van der Waals surface area contributed by atoms with E-state index in [4.69, 9.17) is 11.6 Å². The summed E-state index contributed by atoms with van der Waals surface area (Å²) in [6.45, 7) is 0. The third kappa shape index (κ3) is 2.58. The first-order valence-electron chi connectivity index (χ1n) is 6.65. The van der Waals surface area contributed by atoms with Crippen molar-refractivity contribution >= 4 is 44.7 Å². The van der Waals surface area contributed by atoms with Crippen molar-refractivity contribution in [2.24, 2.45) is 14.1 Å². The molecule has 3 aromatic rings. The lowest BCUT2D eigenvalue weighted by Crippen LogP contribution is -2.38. The summed E-state index contributed by atoms with van der Waals surface area (Å²) in [5.74, 6) is -0.337. The average Bonchev–Trinajstić information content (AvgIpc) is 2.88. The Morgan fingerprint density at radius 2 is 1.87 bits per heavy atom. The number of nitrogens with one attached hydrogen (secondary N) is 1. The molecule has 6 nitrogen and oxygen atoms in total. The van der Waals surface area contributed by atoms with E-state index < -0.39 is 17.2 Å². The van der Waals surface area contributed by atoms with E-state index in [1.165, 1.54) is 36.1 Å². The van der Waals surface area contributed by atoms with Gasteiger partial charge in [-0.1, -0.05) is 29.8 Å². The van der Waals surface area contributed by atoms with Crippen LogP contribution in [0.15, 0.2) is 39.9 Å². The normalized spacial score (nSPS) is 10.9. The fraction of sp³-hybridized carbons (Fsp3) is 0.133. The van der Waals surface area contributed by atoms with Crippen LogP contribution >= 0.6 is 22.9 Å². The van der Waals surface area contributed by atoms with Gasteiger partial charge in [-0.3, -0.25) is 18.7 Å². The highest BCUT2D eigenvalue weighted by Crippen LogP contribution is 2.35. The summed E-state index contributed by atoms with van der Waals surface area (Å²) < 4.78 is 3.04. The quantitative estimate of drug-likeness (QED) is 0.770. The van der Waals surface area contributed by atoms with Crippen LogP contribution in [0.4, 0.5) is 5.82 Å². The van der Waals surface area contributed by atoms with Crippen molar-refractivity contribution in [1.29, 1.82) is 0 Å². The van der Waals surface area contributed by atoms with Crippen molar-refractivity contribution in [3.05, 3.63) is 61.1 Å². The molecule has 1 amide bonds. The van der Waals surface area contributed by atoms with Crippen LogP contribution in [-0.2, 0) is 14.1 Å². The fourth-order valence-corrected chi connectivity index (χ4v) is 3.60.